The van der Waals surface area contributed by atoms with Crippen LogP contribution in [0, 0.1) is 0 Å². The van der Waals surface area contributed by atoms with Gasteiger partial charge >= 0.3 is 0 Å². The van der Waals surface area contributed by atoms with Gasteiger partial charge in [0.05, 0.1) is 33.3 Å². The summed E-state index contributed by atoms with van der Waals surface area (Å²) >= 11 is 0. The maximum Gasteiger partial charge on any atom is 0.144 e. The number of fused-ring (bicyclic) bond motifs is 1. The van der Waals surface area contributed by atoms with E-state index in [-0.39, 0.29) is 0 Å². The lowest BCUT2D eigenvalue weighted by Gasteiger charge is -2.10. The third-order valence-electron chi connectivity index (χ3n) is 5.03. The van der Waals surface area contributed by atoms with E-state index in [1.165, 1.54) is 0 Å². The average molecular weight is 431 g/mol. The van der Waals surface area contributed by atoms with Gasteiger partial charge < -0.3 is 23.4 Å². The molecule has 0 N–H and O–H groups in total. The van der Waals surface area contributed by atoms with Crippen LogP contribution < -0.4 is 24.3 Å². The van der Waals surface area contributed by atoms with E-state index in [9.17, 15) is 0 Å². The molecule has 0 radical (unpaired) electrons. The van der Waals surface area contributed by atoms with Crippen molar-refractivity contribution >= 4 is 16.7 Å². The van der Waals surface area contributed by atoms with E-state index in [4.69, 9.17) is 28.4 Å². The zero-order valence-electron chi connectivity index (χ0n) is 18.5. The Bertz CT molecular complexity index is 1290. The molecule has 1 heterocycles. The molecule has 0 bridgehead atoms. The van der Waals surface area contributed by atoms with Crippen molar-refractivity contribution in [2.75, 3.05) is 27.9 Å². The third kappa shape index (κ3) is 4.39. The molecular weight excluding hydrogens is 406 g/mol. The minimum absolute atomic E-state index is 0.572. The molecule has 0 aliphatic carbocycles. The lowest BCUT2D eigenvalue weighted by atomic mass is 10.1. The fraction of sp³-hybridized carbons (Fsp3) is 0.192. The summed E-state index contributed by atoms with van der Waals surface area (Å²) in [7, 11) is 4.89. The molecule has 0 aliphatic rings. The molecule has 164 valence electrons. The highest BCUT2D eigenvalue weighted by atomic mass is 16.5. The molecule has 0 fully saturated rings. The van der Waals surface area contributed by atoms with Gasteiger partial charge in [-0.2, -0.15) is 0 Å². The SMILES string of the molecule is CCOc1ccc2oc(-c3ccc(OC)cc3)cc(=Nc3cc(OC)ccc3OC)c2c1. The number of hydrogen-bond donors (Lipinski definition) is 0. The highest BCUT2D eigenvalue weighted by Gasteiger charge is 2.10. The Morgan fingerprint density at radius 2 is 1.47 bits per heavy atom. The van der Waals surface area contributed by atoms with Gasteiger partial charge in [-0.1, -0.05) is 0 Å². The van der Waals surface area contributed by atoms with Gasteiger partial charge in [0.1, 0.15) is 40.0 Å². The molecule has 0 saturated heterocycles. The monoisotopic (exact) mass is 431 g/mol. The number of rotatable bonds is 7. The standard InChI is InChI=1S/C26H25NO5/c1-5-31-20-11-12-24-21(14-20)22(27-23-15-19(29-3)10-13-25(23)30-4)16-26(32-24)17-6-8-18(28-2)9-7-17/h6-16H,5H2,1-4H3. The second-order valence-electron chi connectivity index (χ2n) is 6.96. The molecule has 4 aromatic rings. The molecule has 6 nitrogen and oxygen atoms in total. The van der Waals surface area contributed by atoms with E-state index >= 15 is 0 Å². The van der Waals surface area contributed by atoms with Gasteiger partial charge in [0.25, 0.3) is 0 Å². The van der Waals surface area contributed by atoms with Gasteiger partial charge in [0, 0.05) is 23.1 Å². The summed E-state index contributed by atoms with van der Waals surface area (Å²) in [6.45, 7) is 2.52. The molecule has 0 atom stereocenters. The third-order valence-corrected chi connectivity index (χ3v) is 5.03. The van der Waals surface area contributed by atoms with E-state index < -0.39 is 0 Å². The molecule has 0 unspecified atom stereocenters. The first-order valence-corrected chi connectivity index (χ1v) is 10.3. The quantitative estimate of drug-likeness (QED) is 0.372. The molecule has 0 saturated carbocycles. The molecule has 3 aromatic carbocycles. The van der Waals surface area contributed by atoms with Gasteiger partial charge in [-0.25, -0.2) is 4.99 Å². The van der Waals surface area contributed by atoms with Crippen molar-refractivity contribution in [2.45, 2.75) is 6.92 Å². The Hall–Kier alpha value is -3.93. The largest absolute Gasteiger partial charge is 0.497 e. The van der Waals surface area contributed by atoms with Gasteiger partial charge in [0.15, 0.2) is 0 Å². The predicted octanol–water partition coefficient (Wildman–Crippen LogP) is 5.76. The van der Waals surface area contributed by atoms with Gasteiger partial charge in [-0.15, -0.1) is 0 Å². The van der Waals surface area contributed by atoms with Gasteiger partial charge in [-0.3, -0.25) is 0 Å². The zero-order chi connectivity index (χ0) is 22.5. The van der Waals surface area contributed by atoms with Gasteiger partial charge in [-0.05, 0) is 61.5 Å². The Morgan fingerprint density at radius 3 is 2.16 bits per heavy atom. The number of hydrogen-bond acceptors (Lipinski definition) is 6. The second-order valence-corrected chi connectivity index (χ2v) is 6.96. The van der Waals surface area contributed by atoms with Crippen molar-refractivity contribution in [2.24, 2.45) is 4.99 Å². The highest BCUT2D eigenvalue weighted by Crippen LogP contribution is 2.32. The number of nitrogens with zero attached hydrogens (tertiary/aromatic N) is 1. The number of ether oxygens (including phenoxy) is 4. The normalized spacial score (nSPS) is 11.4. The van der Waals surface area contributed by atoms with E-state index in [0.717, 1.165) is 27.8 Å². The van der Waals surface area contributed by atoms with Crippen LogP contribution in [-0.4, -0.2) is 27.9 Å². The van der Waals surface area contributed by atoms with Crippen LogP contribution in [0.5, 0.6) is 23.0 Å². The summed E-state index contributed by atoms with van der Waals surface area (Å²) < 4.78 is 28.1. The van der Waals surface area contributed by atoms with Crippen LogP contribution in [0.4, 0.5) is 5.69 Å². The first kappa shape index (κ1) is 21.3. The summed E-state index contributed by atoms with van der Waals surface area (Å²) in [5.41, 5.74) is 2.26. The molecule has 0 amide bonds. The van der Waals surface area contributed by atoms with E-state index in [2.05, 4.69) is 0 Å². The maximum absolute atomic E-state index is 6.22. The van der Waals surface area contributed by atoms with E-state index in [0.29, 0.717) is 35.1 Å². The summed E-state index contributed by atoms with van der Waals surface area (Å²) in [5.74, 6) is 3.56. The Labute approximate surface area is 186 Å². The second kappa shape index (κ2) is 9.47. The highest BCUT2D eigenvalue weighted by molar-refractivity contribution is 5.80. The summed E-state index contributed by atoms with van der Waals surface area (Å²) in [4.78, 5) is 4.92. The van der Waals surface area contributed by atoms with Crippen molar-refractivity contribution in [3.63, 3.8) is 0 Å². The first-order valence-electron chi connectivity index (χ1n) is 10.3. The molecule has 4 rings (SSSR count). The fourth-order valence-electron chi connectivity index (χ4n) is 3.41. The van der Waals surface area contributed by atoms with Crippen LogP contribution >= 0.6 is 0 Å². The zero-order valence-corrected chi connectivity index (χ0v) is 18.5. The summed E-state index contributed by atoms with van der Waals surface area (Å²) in [5, 5.41) is 1.56. The minimum atomic E-state index is 0.572. The fourth-order valence-corrected chi connectivity index (χ4v) is 3.41. The smallest absolute Gasteiger partial charge is 0.144 e. The molecular formula is C26H25NO5. The van der Waals surface area contributed by atoms with Crippen molar-refractivity contribution in [3.8, 4) is 34.3 Å². The number of methoxy groups -OCH3 is 3. The average Bonchev–Trinajstić information content (AvgIpc) is 2.84. The predicted molar refractivity (Wildman–Crippen MR) is 124 cm³/mol. The van der Waals surface area contributed by atoms with Crippen molar-refractivity contribution in [1.29, 1.82) is 0 Å². The van der Waals surface area contributed by atoms with Crippen LogP contribution in [0.3, 0.4) is 0 Å². The van der Waals surface area contributed by atoms with Gasteiger partial charge in [0.2, 0.25) is 0 Å². The van der Waals surface area contributed by atoms with Crippen LogP contribution in [-0.2, 0) is 0 Å². The van der Waals surface area contributed by atoms with Crippen molar-refractivity contribution < 1.29 is 23.4 Å². The summed E-state index contributed by atoms with van der Waals surface area (Å²) in [6.07, 6.45) is 0. The van der Waals surface area contributed by atoms with Crippen LogP contribution in [0.2, 0.25) is 0 Å². The lowest BCUT2D eigenvalue weighted by Crippen LogP contribution is -2.04. The van der Waals surface area contributed by atoms with Crippen LogP contribution in [0.25, 0.3) is 22.3 Å². The number of benzene rings is 3. The van der Waals surface area contributed by atoms with Crippen molar-refractivity contribution in [3.05, 3.63) is 72.1 Å². The molecule has 32 heavy (non-hydrogen) atoms. The summed E-state index contributed by atoms with van der Waals surface area (Å²) in [6, 6.07) is 20.9. The topological polar surface area (TPSA) is 62.4 Å². The first-order chi connectivity index (χ1) is 15.6. The van der Waals surface area contributed by atoms with E-state index in [1.807, 2.05) is 73.7 Å². The maximum atomic E-state index is 6.22. The molecule has 0 aliphatic heterocycles. The minimum Gasteiger partial charge on any atom is -0.497 e. The van der Waals surface area contributed by atoms with Crippen LogP contribution in [0.15, 0.2) is 76.1 Å². The Kier molecular flexibility index (Phi) is 6.31. The van der Waals surface area contributed by atoms with E-state index in [1.54, 1.807) is 21.3 Å². The molecule has 1 aromatic heterocycles. The Morgan fingerprint density at radius 1 is 0.750 bits per heavy atom. The lowest BCUT2D eigenvalue weighted by molar-refractivity contribution is 0.340. The molecule has 0 spiro atoms. The Balaban J connectivity index is 1.97. The molecule has 6 heteroatoms. The van der Waals surface area contributed by atoms with Crippen LogP contribution in [0.1, 0.15) is 6.92 Å². The van der Waals surface area contributed by atoms with Crippen molar-refractivity contribution in [1.82, 2.24) is 0 Å².